The van der Waals surface area contributed by atoms with Gasteiger partial charge in [0.15, 0.2) is 0 Å². The van der Waals surface area contributed by atoms with Crippen molar-refractivity contribution < 1.29 is 23.6 Å². The van der Waals surface area contributed by atoms with Crippen molar-refractivity contribution in [2.45, 2.75) is 6.92 Å². The number of carbonyl (C=O) groups excluding carboxylic acids is 3. The quantitative estimate of drug-likeness (QED) is 0.664. The van der Waals surface area contributed by atoms with Crippen molar-refractivity contribution in [2.75, 3.05) is 0 Å². The number of rotatable bonds is 3. The van der Waals surface area contributed by atoms with Crippen LogP contribution in [0.25, 0.3) is 5.88 Å². The van der Waals surface area contributed by atoms with Gasteiger partial charge in [0.1, 0.15) is 23.0 Å². The van der Waals surface area contributed by atoms with E-state index in [4.69, 9.17) is 9.25 Å². The summed E-state index contributed by atoms with van der Waals surface area (Å²) in [6.07, 6.45) is 3.30. The van der Waals surface area contributed by atoms with Crippen molar-refractivity contribution in [3.05, 3.63) is 76.8 Å². The molecule has 3 aromatic rings. The number of furan rings is 1. The minimum atomic E-state index is -1.03. The summed E-state index contributed by atoms with van der Waals surface area (Å²) in [7, 11) is 0. The van der Waals surface area contributed by atoms with Crippen LogP contribution in [-0.4, -0.2) is 27.4 Å². The van der Waals surface area contributed by atoms with Gasteiger partial charge in [-0.15, -0.1) is 0 Å². The number of hydroxylamine groups is 2. The van der Waals surface area contributed by atoms with Crippen LogP contribution in [0.3, 0.4) is 0 Å². The molecule has 4 rings (SSSR count). The molecule has 0 N–H and O–H groups in total. The molecule has 0 unspecified atom stereocenters. The average Bonchev–Trinajstić information content (AvgIpc) is 3.36. The molecule has 8 heteroatoms. The summed E-state index contributed by atoms with van der Waals surface area (Å²) in [5.41, 5.74) is 0.101. The molecule has 8 nitrogen and oxygen atoms in total. The van der Waals surface area contributed by atoms with E-state index in [-0.39, 0.29) is 33.9 Å². The Balaban J connectivity index is 1.68. The number of imide groups is 1. The lowest BCUT2D eigenvalue weighted by atomic mass is 10.1. The minimum absolute atomic E-state index is 0.0506. The second-order valence-corrected chi connectivity index (χ2v) is 5.74. The van der Waals surface area contributed by atoms with Crippen LogP contribution < -0.4 is 0 Å². The average molecular weight is 361 g/mol. The van der Waals surface area contributed by atoms with E-state index < -0.39 is 17.8 Å². The molecule has 0 fully saturated rings. The van der Waals surface area contributed by atoms with Crippen LogP contribution in [-0.2, 0) is 4.84 Å². The number of hydrogen-bond donors (Lipinski definition) is 0. The largest absolute Gasteiger partial charge is 0.443 e. The molecule has 0 saturated carbocycles. The molecule has 2 amide bonds. The van der Waals surface area contributed by atoms with E-state index in [1.54, 1.807) is 36.7 Å². The third-order valence-corrected chi connectivity index (χ3v) is 4.15. The Labute approximate surface area is 152 Å². The molecule has 0 bridgehead atoms. The molecule has 1 aliphatic rings. The van der Waals surface area contributed by atoms with Gasteiger partial charge in [-0.05, 0) is 31.2 Å². The lowest BCUT2D eigenvalue weighted by Crippen LogP contribution is -2.33. The summed E-state index contributed by atoms with van der Waals surface area (Å²) in [6, 6.07) is 11.5. The van der Waals surface area contributed by atoms with Crippen molar-refractivity contribution in [2.24, 2.45) is 0 Å². The predicted octanol–water partition coefficient (Wildman–Crippen LogP) is 2.62. The SMILES string of the molecule is Cc1oc(-n2cccc2)c(C#N)c1C(=O)ON1C(=O)c2ccccc2C1=O. The van der Waals surface area contributed by atoms with Gasteiger partial charge in [-0.3, -0.25) is 14.2 Å². The number of aromatic nitrogens is 1. The zero-order chi connectivity index (χ0) is 19.1. The van der Waals surface area contributed by atoms with E-state index in [1.807, 2.05) is 6.07 Å². The fourth-order valence-electron chi connectivity index (χ4n) is 2.91. The fourth-order valence-corrected chi connectivity index (χ4v) is 2.91. The van der Waals surface area contributed by atoms with Crippen molar-refractivity contribution in [1.82, 2.24) is 9.63 Å². The third-order valence-electron chi connectivity index (χ3n) is 4.15. The maximum atomic E-state index is 12.6. The van der Waals surface area contributed by atoms with Crippen LogP contribution in [0.4, 0.5) is 0 Å². The molecule has 2 aromatic heterocycles. The second-order valence-electron chi connectivity index (χ2n) is 5.74. The van der Waals surface area contributed by atoms with Gasteiger partial charge >= 0.3 is 5.97 Å². The Hall–Kier alpha value is -4.12. The lowest BCUT2D eigenvalue weighted by molar-refractivity contribution is -0.0585. The van der Waals surface area contributed by atoms with Gasteiger partial charge < -0.3 is 9.25 Å². The highest BCUT2D eigenvalue weighted by Gasteiger charge is 2.40. The molecule has 27 heavy (non-hydrogen) atoms. The topological polar surface area (TPSA) is 106 Å². The Morgan fingerprint density at radius 3 is 2.22 bits per heavy atom. The van der Waals surface area contributed by atoms with Gasteiger partial charge in [0.05, 0.1) is 11.1 Å². The molecule has 1 aromatic carbocycles. The smallest absolute Gasteiger partial charge is 0.368 e. The van der Waals surface area contributed by atoms with Crippen molar-refractivity contribution in [1.29, 1.82) is 5.26 Å². The van der Waals surface area contributed by atoms with Crippen LogP contribution in [0, 0.1) is 18.3 Å². The zero-order valence-electron chi connectivity index (χ0n) is 14.0. The van der Waals surface area contributed by atoms with Crippen LogP contribution in [0.15, 0.2) is 53.2 Å². The predicted molar refractivity (Wildman–Crippen MR) is 89.8 cm³/mol. The number of nitriles is 1. The summed E-state index contributed by atoms with van der Waals surface area (Å²) >= 11 is 0. The van der Waals surface area contributed by atoms with Gasteiger partial charge in [0.2, 0.25) is 5.88 Å². The Morgan fingerprint density at radius 2 is 1.67 bits per heavy atom. The highest BCUT2D eigenvalue weighted by Crippen LogP contribution is 2.28. The lowest BCUT2D eigenvalue weighted by Gasteiger charge is -2.12. The van der Waals surface area contributed by atoms with E-state index in [2.05, 4.69) is 0 Å². The van der Waals surface area contributed by atoms with Gasteiger partial charge in [-0.25, -0.2) is 4.79 Å². The van der Waals surface area contributed by atoms with E-state index in [1.165, 1.54) is 23.6 Å². The highest BCUT2D eigenvalue weighted by atomic mass is 16.7. The van der Waals surface area contributed by atoms with Gasteiger partial charge in [0, 0.05) is 12.4 Å². The molecular formula is C19H11N3O5. The van der Waals surface area contributed by atoms with Crippen LogP contribution in [0.5, 0.6) is 0 Å². The number of fused-ring (bicyclic) bond motifs is 1. The number of benzene rings is 1. The second kappa shape index (κ2) is 6.00. The molecular weight excluding hydrogens is 350 g/mol. The molecule has 3 heterocycles. The van der Waals surface area contributed by atoms with Crippen molar-refractivity contribution >= 4 is 17.8 Å². The summed E-state index contributed by atoms with van der Waals surface area (Å²) in [5.74, 6) is -2.23. The first-order chi connectivity index (χ1) is 13.0. The van der Waals surface area contributed by atoms with Gasteiger partial charge in [-0.2, -0.15) is 5.26 Å². The number of hydrogen-bond acceptors (Lipinski definition) is 6. The molecule has 132 valence electrons. The third kappa shape index (κ3) is 2.41. The summed E-state index contributed by atoms with van der Waals surface area (Å²) in [5, 5.41) is 9.89. The first kappa shape index (κ1) is 16.4. The monoisotopic (exact) mass is 361 g/mol. The normalized spacial score (nSPS) is 12.8. The van der Waals surface area contributed by atoms with E-state index in [9.17, 15) is 19.6 Å². The van der Waals surface area contributed by atoms with Crippen LogP contribution in [0.2, 0.25) is 0 Å². The number of amides is 2. The molecule has 0 atom stereocenters. The van der Waals surface area contributed by atoms with E-state index in [0.717, 1.165) is 0 Å². The Bertz CT molecular complexity index is 1100. The number of nitrogens with zero attached hydrogens (tertiary/aromatic N) is 3. The summed E-state index contributed by atoms with van der Waals surface area (Å²) in [4.78, 5) is 42.4. The first-order valence-corrected chi connectivity index (χ1v) is 7.90. The van der Waals surface area contributed by atoms with Crippen molar-refractivity contribution in [3.63, 3.8) is 0 Å². The maximum Gasteiger partial charge on any atom is 0.368 e. The fraction of sp³-hybridized carbons (Fsp3) is 0.0526. The van der Waals surface area contributed by atoms with E-state index >= 15 is 0 Å². The van der Waals surface area contributed by atoms with Crippen LogP contribution >= 0.6 is 0 Å². The van der Waals surface area contributed by atoms with Gasteiger partial charge in [0.25, 0.3) is 11.8 Å². The van der Waals surface area contributed by atoms with Crippen LogP contribution in [0.1, 0.15) is 42.4 Å². The number of carbonyl (C=O) groups is 3. The van der Waals surface area contributed by atoms with Gasteiger partial charge in [-0.1, -0.05) is 17.2 Å². The number of aryl methyl sites for hydroxylation is 1. The zero-order valence-corrected chi connectivity index (χ0v) is 14.0. The Morgan fingerprint density at radius 1 is 1.07 bits per heavy atom. The molecule has 1 aliphatic heterocycles. The molecule has 0 aliphatic carbocycles. The summed E-state index contributed by atoms with van der Waals surface area (Å²) < 4.78 is 7.07. The highest BCUT2D eigenvalue weighted by molar-refractivity contribution is 6.21. The molecule has 0 radical (unpaired) electrons. The molecule has 0 saturated heterocycles. The Kier molecular flexibility index (Phi) is 3.63. The standard InChI is InChI=1S/C19H11N3O5/c1-11-15(14(10-20)18(26-11)21-8-4-5-9-21)19(25)27-22-16(23)12-6-2-3-7-13(12)17(22)24/h2-9H,1H3. The minimum Gasteiger partial charge on any atom is -0.443 e. The van der Waals surface area contributed by atoms with E-state index in [0.29, 0.717) is 5.06 Å². The molecule has 0 spiro atoms. The maximum absolute atomic E-state index is 12.6. The van der Waals surface area contributed by atoms with Crippen molar-refractivity contribution in [3.8, 4) is 12.0 Å². The summed E-state index contributed by atoms with van der Waals surface area (Å²) in [6.45, 7) is 1.49. The first-order valence-electron chi connectivity index (χ1n) is 7.90.